The van der Waals surface area contributed by atoms with Crippen molar-refractivity contribution in [2.45, 2.75) is 44.6 Å². The average molecular weight is 265 g/mol. The number of carbonyl (C=O) groups is 1. The Kier molecular flexibility index (Phi) is 4.38. The topological polar surface area (TPSA) is 44.4 Å². The maximum atomic E-state index is 12.1. The molecule has 19 heavy (non-hydrogen) atoms. The van der Waals surface area contributed by atoms with Gasteiger partial charge in [-0.25, -0.2) is 0 Å². The Balaban J connectivity index is 1.39. The maximum absolute atomic E-state index is 12.1. The van der Waals surface area contributed by atoms with Gasteiger partial charge in [-0.3, -0.25) is 4.79 Å². The van der Waals surface area contributed by atoms with Gasteiger partial charge in [-0.2, -0.15) is 0 Å². The summed E-state index contributed by atoms with van der Waals surface area (Å²) < 4.78 is 0. The summed E-state index contributed by atoms with van der Waals surface area (Å²) in [6.07, 6.45) is 6.89. The van der Waals surface area contributed by atoms with Crippen molar-refractivity contribution in [3.8, 4) is 0 Å². The van der Waals surface area contributed by atoms with Gasteiger partial charge in [0.15, 0.2) is 0 Å². The van der Waals surface area contributed by atoms with Crippen LogP contribution in [0.3, 0.4) is 0 Å². The number of rotatable bonds is 4. The van der Waals surface area contributed by atoms with Gasteiger partial charge in [0, 0.05) is 19.0 Å². The number of amides is 1. The molecule has 1 amide bonds. The van der Waals surface area contributed by atoms with E-state index in [1.165, 1.54) is 38.8 Å². The second-order valence-electron chi connectivity index (χ2n) is 6.56. The molecular formula is C15H27N3O. The van der Waals surface area contributed by atoms with Gasteiger partial charge in [-0.1, -0.05) is 0 Å². The molecule has 4 rings (SSSR count). The van der Waals surface area contributed by atoms with Gasteiger partial charge in [0.1, 0.15) is 0 Å². The third kappa shape index (κ3) is 3.48. The SMILES string of the molecule is O=C(CCC1CCCNC1)NC1CN2CCC1CC2. The number of hydrogen-bond donors (Lipinski definition) is 2. The lowest BCUT2D eigenvalue weighted by molar-refractivity contribution is -0.123. The number of nitrogens with zero attached hydrogens (tertiary/aromatic N) is 1. The lowest BCUT2D eigenvalue weighted by atomic mass is 9.84. The van der Waals surface area contributed by atoms with Crippen molar-refractivity contribution in [2.24, 2.45) is 11.8 Å². The molecule has 4 nitrogen and oxygen atoms in total. The van der Waals surface area contributed by atoms with Crippen molar-refractivity contribution < 1.29 is 4.79 Å². The maximum Gasteiger partial charge on any atom is 0.220 e. The van der Waals surface area contributed by atoms with Crippen LogP contribution in [-0.4, -0.2) is 49.6 Å². The monoisotopic (exact) mass is 265 g/mol. The zero-order valence-corrected chi connectivity index (χ0v) is 11.9. The average Bonchev–Trinajstić information content (AvgIpc) is 2.47. The highest BCUT2D eigenvalue weighted by Crippen LogP contribution is 2.27. The van der Waals surface area contributed by atoms with Crippen molar-refractivity contribution in [1.29, 1.82) is 0 Å². The second-order valence-corrected chi connectivity index (χ2v) is 6.56. The first-order chi connectivity index (χ1) is 9.31. The minimum atomic E-state index is 0.282. The van der Waals surface area contributed by atoms with Gasteiger partial charge in [0.05, 0.1) is 0 Å². The molecule has 108 valence electrons. The molecule has 0 aromatic rings. The van der Waals surface area contributed by atoms with Gasteiger partial charge in [0.25, 0.3) is 0 Å². The van der Waals surface area contributed by atoms with Gasteiger partial charge >= 0.3 is 0 Å². The van der Waals surface area contributed by atoms with Crippen molar-refractivity contribution in [1.82, 2.24) is 15.5 Å². The van der Waals surface area contributed by atoms with Crippen LogP contribution in [0.5, 0.6) is 0 Å². The fourth-order valence-electron chi connectivity index (χ4n) is 3.91. The van der Waals surface area contributed by atoms with E-state index in [9.17, 15) is 4.79 Å². The first-order valence-electron chi connectivity index (χ1n) is 8.03. The Bertz CT molecular complexity index is 307. The highest BCUT2D eigenvalue weighted by atomic mass is 16.1. The smallest absolute Gasteiger partial charge is 0.220 e. The molecule has 4 saturated heterocycles. The zero-order valence-electron chi connectivity index (χ0n) is 11.9. The minimum absolute atomic E-state index is 0.282. The van der Waals surface area contributed by atoms with E-state index in [2.05, 4.69) is 15.5 Å². The van der Waals surface area contributed by atoms with E-state index in [4.69, 9.17) is 0 Å². The molecule has 2 bridgehead atoms. The van der Waals surface area contributed by atoms with Crippen molar-refractivity contribution >= 4 is 5.91 Å². The molecule has 2 N–H and O–H groups in total. The van der Waals surface area contributed by atoms with Crippen LogP contribution in [0.1, 0.15) is 38.5 Å². The molecule has 2 atom stereocenters. The lowest BCUT2D eigenvalue weighted by Crippen LogP contribution is -2.57. The summed E-state index contributed by atoms with van der Waals surface area (Å²) in [5.74, 6) is 1.74. The van der Waals surface area contributed by atoms with Crippen LogP contribution in [0, 0.1) is 11.8 Å². The predicted molar refractivity (Wildman–Crippen MR) is 75.9 cm³/mol. The lowest BCUT2D eigenvalue weighted by Gasteiger charge is -2.45. The normalized spacial score (nSPS) is 38.1. The molecule has 0 aliphatic carbocycles. The molecule has 4 aliphatic heterocycles. The molecule has 0 aromatic heterocycles. The second kappa shape index (κ2) is 6.23. The number of nitrogens with one attached hydrogen (secondary N) is 2. The van der Waals surface area contributed by atoms with E-state index in [-0.39, 0.29) is 5.91 Å². The molecule has 0 spiro atoms. The Hall–Kier alpha value is -0.610. The van der Waals surface area contributed by atoms with E-state index < -0.39 is 0 Å². The highest BCUT2D eigenvalue weighted by molar-refractivity contribution is 5.76. The quantitative estimate of drug-likeness (QED) is 0.796. The first-order valence-corrected chi connectivity index (χ1v) is 8.03. The van der Waals surface area contributed by atoms with Crippen molar-refractivity contribution in [3.63, 3.8) is 0 Å². The third-order valence-electron chi connectivity index (χ3n) is 5.18. The van der Waals surface area contributed by atoms with Crippen LogP contribution >= 0.6 is 0 Å². The molecule has 4 heterocycles. The fraction of sp³-hybridized carbons (Fsp3) is 0.933. The molecule has 4 aliphatic rings. The van der Waals surface area contributed by atoms with Gasteiger partial charge in [-0.05, 0) is 70.1 Å². The van der Waals surface area contributed by atoms with Crippen LogP contribution in [0.4, 0.5) is 0 Å². The van der Waals surface area contributed by atoms with E-state index in [1.807, 2.05) is 0 Å². The third-order valence-corrected chi connectivity index (χ3v) is 5.18. The summed E-state index contributed by atoms with van der Waals surface area (Å²) in [7, 11) is 0. The van der Waals surface area contributed by atoms with Gasteiger partial charge < -0.3 is 15.5 Å². The predicted octanol–water partition coefficient (Wildman–Crippen LogP) is 0.977. The largest absolute Gasteiger partial charge is 0.352 e. The number of carbonyl (C=O) groups excluding carboxylic acids is 1. The highest BCUT2D eigenvalue weighted by Gasteiger charge is 2.34. The summed E-state index contributed by atoms with van der Waals surface area (Å²) in [4.78, 5) is 14.6. The van der Waals surface area contributed by atoms with Gasteiger partial charge in [-0.15, -0.1) is 0 Å². The van der Waals surface area contributed by atoms with Crippen LogP contribution in [0.15, 0.2) is 0 Å². The zero-order chi connectivity index (χ0) is 13.1. The van der Waals surface area contributed by atoms with E-state index >= 15 is 0 Å². The first kappa shape index (κ1) is 13.4. The summed E-state index contributed by atoms with van der Waals surface area (Å²) in [5.41, 5.74) is 0. The van der Waals surface area contributed by atoms with E-state index in [0.717, 1.165) is 38.4 Å². The molecule has 4 fully saturated rings. The van der Waals surface area contributed by atoms with Crippen LogP contribution < -0.4 is 10.6 Å². The number of piperidine rings is 4. The van der Waals surface area contributed by atoms with Crippen molar-refractivity contribution in [2.75, 3.05) is 32.7 Å². The Labute approximate surface area is 116 Å². The molecule has 0 aromatic carbocycles. The molecule has 4 heteroatoms. The van der Waals surface area contributed by atoms with Crippen LogP contribution in [-0.2, 0) is 4.79 Å². The molecular weight excluding hydrogens is 238 g/mol. The van der Waals surface area contributed by atoms with E-state index in [0.29, 0.717) is 12.0 Å². The Morgan fingerprint density at radius 1 is 1.26 bits per heavy atom. The number of hydrogen-bond acceptors (Lipinski definition) is 3. The fourth-order valence-corrected chi connectivity index (χ4v) is 3.91. The Morgan fingerprint density at radius 2 is 2.11 bits per heavy atom. The van der Waals surface area contributed by atoms with E-state index in [1.54, 1.807) is 0 Å². The summed E-state index contributed by atoms with van der Waals surface area (Å²) in [6.45, 7) is 5.83. The van der Waals surface area contributed by atoms with Gasteiger partial charge in [0.2, 0.25) is 5.91 Å². The van der Waals surface area contributed by atoms with Crippen LogP contribution in [0.2, 0.25) is 0 Å². The summed E-state index contributed by atoms with van der Waals surface area (Å²) in [5, 5.41) is 6.71. The molecule has 2 unspecified atom stereocenters. The summed E-state index contributed by atoms with van der Waals surface area (Å²) >= 11 is 0. The van der Waals surface area contributed by atoms with Crippen LogP contribution in [0.25, 0.3) is 0 Å². The standard InChI is InChI=1S/C15H27N3O/c19-15(4-3-12-2-1-7-16-10-12)17-14-11-18-8-5-13(14)6-9-18/h12-14,16H,1-11H2,(H,17,19). The summed E-state index contributed by atoms with van der Waals surface area (Å²) in [6, 6.07) is 0.430. The molecule has 0 saturated carbocycles. The van der Waals surface area contributed by atoms with Crippen molar-refractivity contribution in [3.05, 3.63) is 0 Å². The molecule has 0 radical (unpaired) electrons. The Morgan fingerprint density at radius 3 is 2.74 bits per heavy atom. The minimum Gasteiger partial charge on any atom is -0.352 e. The number of fused-ring (bicyclic) bond motifs is 3.